The van der Waals surface area contributed by atoms with Crippen molar-refractivity contribution in [3.8, 4) is 83.5 Å². The van der Waals surface area contributed by atoms with E-state index in [4.69, 9.17) is 0 Å². The van der Waals surface area contributed by atoms with Gasteiger partial charge in [0.1, 0.15) is 0 Å². The fourth-order valence-electron chi connectivity index (χ4n) is 6.47. The molecule has 0 amide bonds. The van der Waals surface area contributed by atoms with Crippen molar-refractivity contribution >= 4 is 45.3 Å². The van der Waals surface area contributed by atoms with Crippen molar-refractivity contribution in [3.63, 3.8) is 0 Å². The van der Waals surface area contributed by atoms with Crippen LogP contribution in [-0.4, -0.2) is 0 Å². The summed E-state index contributed by atoms with van der Waals surface area (Å²) in [5, 5.41) is 0. The van der Waals surface area contributed by atoms with Gasteiger partial charge in [-0.1, -0.05) is 133 Å². The topological polar surface area (TPSA) is 0 Å². The fourth-order valence-corrected chi connectivity index (χ4v) is 10.7. The second-order valence-corrected chi connectivity index (χ2v) is 16.4. The molecule has 9 aromatic rings. The number of hydrogen-bond acceptors (Lipinski definition) is 4. The molecule has 0 atom stereocenters. The molecule has 0 fully saturated rings. The van der Waals surface area contributed by atoms with Crippen LogP contribution in [0.1, 0.15) is 0 Å². The quantitative estimate of drug-likeness (QED) is 0.147. The van der Waals surface area contributed by atoms with Crippen molar-refractivity contribution in [2.24, 2.45) is 0 Å². The Labute approximate surface area is 308 Å². The lowest BCUT2D eigenvalue weighted by Gasteiger charge is -2.08. The van der Waals surface area contributed by atoms with E-state index in [0.717, 1.165) is 0 Å². The second-order valence-electron chi connectivity index (χ2n) is 12.0. The third-order valence-corrected chi connectivity index (χ3v) is 13.6. The molecule has 0 unspecified atom stereocenters. The molecule has 238 valence electrons. The van der Waals surface area contributed by atoms with Gasteiger partial charge >= 0.3 is 0 Å². The van der Waals surface area contributed by atoms with Gasteiger partial charge in [-0.3, -0.25) is 0 Å². The molecule has 0 aliphatic rings. The zero-order valence-corrected chi connectivity index (χ0v) is 30.2. The molecule has 0 N–H and O–H groups in total. The van der Waals surface area contributed by atoms with E-state index in [1.807, 2.05) is 45.3 Å². The molecule has 9 rings (SSSR count). The Morgan fingerprint density at radius 1 is 0.180 bits per heavy atom. The predicted octanol–water partition coefficient (Wildman–Crippen LogP) is 15.3. The van der Waals surface area contributed by atoms with Gasteiger partial charge in [0.25, 0.3) is 0 Å². The number of thiophene rings is 4. The minimum atomic E-state index is 1.26. The van der Waals surface area contributed by atoms with E-state index in [9.17, 15) is 0 Å². The van der Waals surface area contributed by atoms with Crippen molar-refractivity contribution in [1.29, 1.82) is 0 Å². The van der Waals surface area contributed by atoms with E-state index in [0.29, 0.717) is 0 Å². The summed E-state index contributed by atoms with van der Waals surface area (Å²) in [6, 6.07) is 66.0. The number of hydrogen-bond donors (Lipinski definition) is 0. The fraction of sp³-hybridized carbons (Fsp3) is 0. The van der Waals surface area contributed by atoms with Crippen LogP contribution in [0.25, 0.3) is 83.5 Å². The largest absolute Gasteiger partial charge is 0.135 e. The summed E-state index contributed by atoms with van der Waals surface area (Å²) < 4.78 is 0. The van der Waals surface area contributed by atoms with Gasteiger partial charge in [-0.05, 0) is 59.7 Å². The third kappa shape index (κ3) is 6.01. The maximum Gasteiger partial charge on any atom is 0.0355 e. The van der Waals surface area contributed by atoms with Gasteiger partial charge in [-0.25, -0.2) is 0 Å². The van der Waals surface area contributed by atoms with E-state index in [1.165, 1.54) is 83.5 Å². The first-order chi connectivity index (χ1) is 24.8. The average molecular weight is 711 g/mol. The van der Waals surface area contributed by atoms with Crippen LogP contribution in [0.3, 0.4) is 0 Å². The molecule has 4 heteroatoms. The van der Waals surface area contributed by atoms with Crippen LogP contribution < -0.4 is 0 Å². The molecule has 0 saturated heterocycles. The normalized spacial score (nSPS) is 11.2. The summed E-state index contributed by atoms with van der Waals surface area (Å²) in [4.78, 5) is 10.3. The average Bonchev–Trinajstić information content (AvgIpc) is 4.03. The summed E-state index contributed by atoms with van der Waals surface area (Å²) >= 11 is 7.46. The molecule has 0 aliphatic carbocycles. The molecule has 4 heterocycles. The molecular weight excluding hydrogens is 681 g/mol. The molecule has 0 aliphatic heterocycles. The Kier molecular flexibility index (Phi) is 8.45. The van der Waals surface area contributed by atoms with E-state index in [1.54, 1.807) is 0 Å². The maximum atomic E-state index is 2.30. The maximum absolute atomic E-state index is 2.30. The van der Waals surface area contributed by atoms with Crippen molar-refractivity contribution in [3.05, 3.63) is 182 Å². The van der Waals surface area contributed by atoms with Crippen molar-refractivity contribution in [2.75, 3.05) is 0 Å². The smallest absolute Gasteiger partial charge is 0.0355 e. The summed E-state index contributed by atoms with van der Waals surface area (Å²) in [5.74, 6) is 0. The minimum Gasteiger partial charge on any atom is -0.135 e. The van der Waals surface area contributed by atoms with E-state index in [-0.39, 0.29) is 0 Å². The van der Waals surface area contributed by atoms with Gasteiger partial charge < -0.3 is 0 Å². The molecule has 0 radical (unpaired) electrons. The SMILES string of the molecule is c1ccc(-c2ccc(-c3ccccc3-c3ccc(-c4ccccc4-c4ccc(-c5ccccc5-c5ccc(-c6ccccc6)s5)s4)s3)s2)cc1. The highest BCUT2D eigenvalue weighted by atomic mass is 32.1. The molecule has 0 spiro atoms. The summed E-state index contributed by atoms with van der Waals surface area (Å²) in [6.45, 7) is 0. The highest BCUT2D eigenvalue weighted by Gasteiger charge is 2.17. The summed E-state index contributed by atoms with van der Waals surface area (Å²) in [5.41, 5.74) is 10.2. The standard InChI is InChI=1S/C46H30S4/c1-3-13-31(14-4-1)39-23-25-41(47-39)33-17-7-9-19-35(33)43-27-29-45(49-43)37-21-11-12-22-38(37)46-30-28-44(50-46)36-20-10-8-18-34(36)42-26-24-40(48-42)32-15-5-2-6-16-32/h1-30H. The zero-order chi connectivity index (χ0) is 33.3. The predicted molar refractivity (Wildman–Crippen MR) is 221 cm³/mol. The number of benzene rings is 5. The van der Waals surface area contributed by atoms with Crippen LogP contribution >= 0.6 is 45.3 Å². The monoisotopic (exact) mass is 710 g/mol. The Hall–Kier alpha value is -5.10. The van der Waals surface area contributed by atoms with Crippen molar-refractivity contribution < 1.29 is 0 Å². The van der Waals surface area contributed by atoms with Crippen molar-refractivity contribution in [2.45, 2.75) is 0 Å². The second kappa shape index (κ2) is 13.7. The first kappa shape index (κ1) is 30.9. The molecule has 5 aromatic carbocycles. The summed E-state index contributed by atoms with van der Waals surface area (Å²) in [6.07, 6.45) is 0. The Balaban J connectivity index is 1.03. The van der Waals surface area contributed by atoms with Crippen LogP contribution in [-0.2, 0) is 0 Å². The van der Waals surface area contributed by atoms with Gasteiger partial charge in [-0.15, -0.1) is 45.3 Å². The van der Waals surface area contributed by atoms with Gasteiger partial charge in [0.05, 0.1) is 0 Å². The number of rotatable bonds is 8. The Bertz CT molecular complexity index is 2360. The lowest BCUT2D eigenvalue weighted by Crippen LogP contribution is -1.80. The van der Waals surface area contributed by atoms with Gasteiger partial charge in [0.15, 0.2) is 0 Å². The Morgan fingerprint density at radius 3 is 0.640 bits per heavy atom. The molecule has 0 saturated carbocycles. The molecule has 4 aromatic heterocycles. The highest BCUT2D eigenvalue weighted by molar-refractivity contribution is 7.21. The van der Waals surface area contributed by atoms with Gasteiger partial charge in [0, 0.05) is 72.4 Å². The van der Waals surface area contributed by atoms with Crippen molar-refractivity contribution in [1.82, 2.24) is 0 Å². The summed E-state index contributed by atoms with van der Waals surface area (Å²) in [7, 11) is 0. The zero-order valence-electron chi connectivity index (χ0n) is 27.0. The lowest BCUT2D eigenvalue weighted by atomic mass is 10.0. The lowest BCUT2D eigenvalue weighted by molar-refractivity contribution is 1.67. The van der Waals surface area contributed by atoms with Gasteiger partial charge in [0.2, 0.25) is 0 Å². The van der Waals surface area contributed by atoms with E-state index < -0.39 is 0 Å². The van der Waals surface area contributed by atoms with Gasteiger partial charge in [-0.2, -0.15) is 0 Å². The van der Waals surface area contributed by atoms with Crippen LogP contribution in [0.2, 0.25) is 0 Å². The first-order valence-electron chi connectivity index (χ1n) is 16.6. The minimum absolute atomic E-state index is 1.26. The van der Waals surface area contributed by atoms with E-state index >= 15 is 0 Å². The van der Waals surface area contributed by atoms with Crippen LogP contribution in [0.15, 0.2) is 182 Å². The third-order valence-electron chi connectivity index (χ3n) is 8.91. The van der Waals surface area contributed by atoms with Crippen LogP contribution in [0, 0.1) is 0 Å². The van der Waals surface area contributed by atoms with E-state index in [2.05, 4.69) is 182 Å². The molecule has 0 nitrogen and oxygen atoms in total. The molecule has 50 heavy (non-hydrogen) atoms. The first-order valence-corrected chi connectivity index (χ1v) is 19.8. The van der Waals surface area contributed by atoms with Crippen LogP contribution in [0.4, 0.5) is 0 Å². The Morgan fingerprint density at radius 2 is 0.380 bits per heavy atom. The van der Waals surface area contributed by atoms with Crippen LogP contribution in [0.5, 0.6) is 0 Å². The molecule has 0 bridgehead atoms. The highest BCUT2D eigenvalue weighted by Crippen LogP contribution is 2.47. The molecular formula is C46H30S4.